The number of aryl methyl sites for hydroxylation is 1. The normalized spacial score (nSPS) is 14.1. The molecule has 0 aliphatic heterocycles. The fourth-order valence-corrected chi connectivity index (χ4v) is 2.10. The predicted molar refractivity (Wildman–Crippen MR) is 82.1 cm³/mol. The first kappa shape index (κ1) is 7.30. The summed E-state index contributed by atoms with van der Waals surface area (Å²) in [6.45, 7) is 1.99. The molecule has 0 saturated carbocycles. The molecule has 0 saturated heterocycles. The average Bonchev–Trinajstić information content (AvgIpc) is 2.60. The van der Waals surface area contributed by atoms with Crippen LogP contribution >= 0.6 is 0 Å². The molecule has 0 heterocycles. The van der Waals surface area contributed by atoms with Crippen molar-refractivity contribution in [3.8, 4) is 22.3 Å². The van der Waals surface area contributed by atoms with Crippen LogP contribution in [0.1, 0.15) is 12.4 Å². The Morgan fingerprint density at radius 3 is 2.21 bits per heavy atom. The molecule has 0 amide bonds. The summed E-state index contributed by atoms with van der Waals surface area (Å²) in [6, 6.07) is 14.1. The van der Waals surface area contributed by atoms with Gasteiger partial charge in [-0.3, -0.25) is 0 Å². The van der Waals surface area contributed by atoms with Crippen LogP contribution in [0.5, 0.6) is 0 Å². The molecular formula is C19H16. The van der Waals surface area contributed by atoms with Crippen LogP contribution in [-0.4, -0.2) is 0 Å². The summed E-state index contributed by atoms with van der Waals surface area (Å²) in [5.41, 5.74) is 3.94. The second-order valence-corrected chi connectivity index (χ2v) is 4.40. The van der Waals surface area contributed by atoms with Gasteiger partial charge in [-0.05, 0) is 40.8 Å². The van der Waals surface area contributed by atoms with E-state index in [0.717, 1.165) is 16.7 Å². The lowest BCUT2D eigenvalue weighted by Gasteiger charge is -2.09. The molecule has 0 radical (unpaired) electrons. The zero-order chi connectivity index (χ0) is 17.4. The van der Waals surface area contributed by atoms with Crippen molar-refractivity contribution >= 4 is 0 Å². The van der Waals surface area contributed by atoms with Crippen molar-refractivity contribution in [3.63, 3.8) is 0 Å². The van der Waals surface area contributed by atoms with Crippen molar-refractivity contribution < 1.29 is 6.85 Å². The van der Waals surface area contributed by atoms with Gasteiger partial charge < -0.3 is 0 Å². The largest absolute Gasteiger partial charge is 0.0629 e. The van der Waals surface area contributed by atoms with E-state index in [-0.39, 0.29) is 35.8 Å². The first-order valence-corrected chi connectivity index (χ1v) is 6.15. The Bertz CT molecular complexity index is 888. The van der Waals surface area contributed by atoms with Crippen molar-refractivity contribution in [1.29, 1.82) is 0 Å². The highest BCUT2D eigenvalue weighted by Crippen LogP contribution is 2.29. The minimum absolute atomic E-state index is 0.177. The lowest BCUT2D eigenvalue weighted by atomic mass is 9.95. The van der Waals surface area contributed by atoms with Gasteiger partial charge in [0.15, 0.2) is 0 Å². The molecule has 0 nitrogen and oxygen atoms in total. The first-order valence-electron chi connectivity index (χ1n) is 8.65. The fourth-order valence-electron chi connectivity index (χ4n) is 2.10. The number of benzene rings is 3. The standard InChI is InChI=1S/C19H16/c1-15-12-13-18(16-8-4-2-5-9-16)14-19(15)17-10-6-3-7-11-17/h2-14H,1H3/i2D,4D,5D,8D,9D. The third-order valence-electron chi connectivity index (χ3n) is 3.11. The van der Waals surface area contributed by atoms with Crippen LogP contribution in [0.15, 0.2) is 78.7 Å². The smallest absolute Gasteiger partial charge is 0.0622 e. The zero-order valence-corrected chi connectivity index (χ0v) is 10.6. The minimum atomic E-state index is -0.371. The molecule has 0 fully saturated rings. The summed E-state index contributed by atoms with van der Waals surface area (Å²) in [6.07, 6.45) is 0. The van der Waals surface area contributed by atoms with Gasteiger partial charge in [-0.1, -0.05) is 72.7 Å². The van der Waals surface area contributed by atoms with Crippen molar-refractivity contribution in [3.05, 3.63) is 84.3 Å². The lowest BCUT2D eigenvalue weighted by Crippen LogP contribution is -1.85. The quantitative estimate of drug-likeness (QED) is 0.576. The molecule has 3 aromatic carbocycles. The summed E-state index contributed by atoms with van der Waals surface area (Å²) in [7, 11) is 0. The molecule has 0 spiro atoms. The van der Waals surface area contributed by atoms with Gasteiger partial charge in [0.1, 0.15) is 0 Å². The summed E-state index contributed by atoms with van der Waals surface area (Å²) in [5.74, 6) is 0. The van der Waals surface area contributed by atoms with Gasteiger partial charge in [0.2, 0.25) is 0 Å². The third-order valence-corrected chi connectivity index (χ3v) is 3.11. The van der Waals surface area contributed by atoms with Crippen LogP contribution < -0.4 is 0 Å². The Kier molecular flexibility index (Phi) is 1.96. The SMILES string of the molecule is [2H]c1c([2H])c([2H])c(-c2ccc(C)c(-c3ccccc3)c2)c([2H])c1[2H]. The second kappa shape index (κ2) is 5.11. The van der Waals surface area contributed by atoms with Gasteiger partial charge in [0, 0.05) is 0 Å². The molecule has 0 N–H and O–H groups in total. The van der Waals surface area contributed by atoms with Crippen LogP contribution in [0, 0.1) is 6.92 Å². The van der Waals surface area contributed by atoms with Crippen molar-refractivity contribution in [1.82, 2.24) is 0 Å². The van der Waals surface area contributed by atoms with E-state index in [4.69, 9.17) is 6.85 Å². The number of hydrogen-bond donors (Lipinski definition) is 0. The highest BCUT2D eigenvalue weighted by molar-refractivity contribution is 5.75. The van der Waals surface area contributed by atoms with E-state index in [2.05, 4.69) is 0 Å². The maximum Gasteiger partial charge on any atom is 0.0629 e. The Morgan fingerprint density at radius 2 is 1.47 bits per heavy atom. The van der Waals surface area contributed by atoms with E-state index in [9.17, 15) is 0 Å². The molecule has 0 aliphatic carbocycles. The van der Waals surface area contributed by atoms with Gasteiger partial charge in [-0.2, -0.15) is 0 Å². The summed E-state index contributed by atoms with van der Waals surface area (Å²) < 4.78 is 39.6. The highest BCUT2D eigenvalue weighted by atomic mass is 14.1. The van der Waals surface area contributed by atoms with Crippen molar-refractivity contribution in [2.75, 3.05) is 0 Å². The Hall–Kier alpha value is -2.34. The van der Waals surface area contributed by atoms with Gasteiger partial charge in [-0.25, -0.2) is 0 Å². The molecule has 0 aromatic heterocycles. The lowest BCUT2D eigenvalue weighted by molar-refractivity contribution is 1.45. The van der Waals surface area contributed by atoms with Gasteiger partial charge in [0.25, 0.3) is 0 Å². The molecule has 3 aromatic rings. The van der Waals surface area contributed by atoms with Gasteiger partial charge in [-0.15, -0.1) is 0 Å². The van der Waals surface area contributed by atoms with Crippen molar-refractivity contribution in [2.45, 2.75) is 6.92 Å². The molecule has 0 unspecified atom stereocenters. The van der Waals surface area contributed by atoms with Crippen LogP contribution in [0.3, 0.4) is 0 Å². The van der Waals surface area contributed by atoms with Crippen LogP contribution in [0.25, 0.3) is 22.3 Å². The molecule has 0 heteroatoms. The van der Waals surface area contributed by atoms with Crippen LogP contribution in [0.2, 0.25) is 0 Å². The van der Waals surface area contributed by atoms with E-state index in [1.165, 1.54) is 0 Å². The summed E-state index contributed by atoms with van der Waals surface area (Å²) >= 11 is 0. The monoisotopic (exact) mass is 249 g/mol. The third kappa shape index (κ3) is 2.43. The fraction of sp³-hybridized carbons (Fsp3) is 0.0526. The first-order chi connectivity index (χ1) is 11.4. The second-order valence-electron chi connectivity index (χ2n) is 4.40. The van der Waals surface area contributed by atoms with E-state index in [0.29, 0.717) is 5.56 Å². The minimum Gasteiger partial charge on any atom is -0.0622 e. The van der Waals surface area contributed by atoms with Gasteiger partial charge >= 0.3 is 0 Å². The molecule has 0 atom stereocenters. The summed E-state index contributed by atoms with van der Waals surface area (Å²) in [4.78, 5) is 0. The van der Waals surface area contributed by atoms with Gasteiger partial charge in [0.05, 0.1) is 6.85 Å². The molecule has 3 rings (SSSR count). The Labute approximate surface area is 121 Å². The summed E-state index contributed by atoms with van der Waals surface area (Å²) in [5, 5.41) is 0. The van der Waals surface area contributed by atoms with E-state index in [1.807, 2.05) is 49.4 Å². The predicted octanol–water partition coefficient (Wildman–Crippen LogP) is 5.33. The average molecular weight is 249 g/mol. The molecule has 0 aliphatic rings. The number of rotatable bonds is 2. The maximum atomic E-state index is 8.13. The van der Waals surface area contributed by atoms with Crippen molar-refractivity contribution in [2.24, 2.45) is 0 Å². The van der Waals surface area contributed by atoms with Crippen LogP contribution in [-0.2, 0) is 0 Å². The van der Waals surface area contributed by atoms with E-state index < -0.39 is 0 Å². The maximum absolute atomic E-state index is 8.13. The van der Waals surface area contributed by atoms with E-state index in [1.54, 1.807) is 6.07 Å². The Morgan fingerprint density at radius 1 is 0.737 bits per heavy atom. The highest BCUT2D eigenvalue weighted by Gasteiger charge is 2.04. The zero-order valence-electron chi connectivity index (χ0n) is 15.6. The molecule has 19 heavy (non-hydrogen) atoms. The molecule has 0 bridgehead atoms. The topological polar surface area (TPSA) is 0 Å². The van der Waals surface area contributed by atoms with E-state index >= 15 is 0 Å². The molecular weight excluding hydrogens is 228 g/mol. The molecule has 92 valence electrons. The van der Waals surface area contributed by atoms with Crippen LogP contribution in [0.4, 0.5) is 0 Å². The number of hydrogen-bond acceptors (Lipinski definition) is 0. The Balaban J connectivity index is 2.26.